The average Bonchev–Trinajstić information content (AvgIpc) is 1.96. The molecular formula is C8H15O3. The van der Waals surface area contributed by atoms with Gasteiger partial charge in [-0.15, -0.1) is 0 Å². The number of hydrogen-bond acceptors (Lipinski definition) is 3. The molecule has 0 aliphatic carbocycles. The van der Waals surface area contributed by atoms with E-state index in [1.165, 1.54) is 13.5 Å². The van der Waals surface area contributed by atoms with Gasteiger partial charge in [0.05, 0.1) is 6.61 Å². The molecule has 0 unspecified atom stereocenters. The molecule has 65 valence electrons. The second-order valence-electron chi connectivity index (χ2n) is 2.18. The summed E-state index contributed by atoms with van der Waals surface area (Å²) in [5.41, 5.74) is 0. The van der Waals surface area contributed by atoms with Crippen LogP contribution in [0.5, 0.6) is 0 Å². The number of hydrogen-bond donors (Lipinski definition) is 0. The molecule has 11 heavy (non-hydrogen) atoms. The SMILES string of the molecule is CCCOCC[CH]OC(C)=O. The molecule has 0 fully saturated rings. The summed E-state index contributed by atoms with van der Waals surface area (Å²) in [6.07, 6.45) is 1.69. The Kier molecular flexibility index (Phi) is 7.15. The van der Waals surface area contributed by atoms with Crippen molar-refractivity contribution >= 4 is 5.97 Å². The summed E-state index contributed by atoms with van der Waals surface area (Å²) in [4.78, 5) is 10.2. The molecule has 0 spiro atoms. The fraction of sp³-hybridized carbons (Fsp3) is 0.750. The van der Waals surface area contributed by atoms with E-state index in [-0.39, 0.29) is 5.97 Å². The fourth-order valence-electron chi connectivity index (χ4n) is 0.554. The Morgan fingerprint density at radius 2 is 2.18 bits per heavy atom. The van der Waals surface area contributed by atoms with Crippen LogP contribution in [0.4, 0.5) is 0 Å². The Morgan fingerprint density at radius 1 is 1.45 bits per heavy atom. The van der Waals surface area contributed by atoms with Crippen molar-refractivity contribution < 1.29 is 14.3 Å². The lowest BCUT2D eigenvalue weighted by Crippen LogP contribution is -2.00. The van der Waals surface area contributed by atoms with Gasteiger partial charge in [0, 0.05) is 20.0 Å². The number of ether oxygens (including phenoxy) is 2. The van der Waals surface area contributed by atoms with Gasteiger partial charge in [0.2, 0.25) is 0 Å². The van der Waals surface area contributed by atoms with Gasteiger partial charge in [-0.25, -0.2) is 0 Å². The standard InChI is InChI=1S/C8H15O3/c1-3-5-10-6-4-7-11-8(2)9/h7H,3-6H2,1-2H3. The van der Waals surface area contributed by atoms with Crippen LogP contribution in [0.3, 0.4) is 0 Å². The van der Waals surface area contributed by atoms with Crippen LogP contribution in [0.1, 0.15) is 26.7 Å². The van der Waals surface area contributed by atoms with Crippen molar-refractivity contribution in [2.75, 3.05) is 13.2 Å². The van der Waals surface area contributed by atoms with E-state index < -0.39 is 0 Å². The first-order valence-electron chi connectivity index (χ1n) is 3.84. The van der Waals surface area contributed by atoms with Crippen molar-refractivity contribution in [3.8, 4) is 0 Å². The van der Waals surface area contributed by atoms with Crippen molar-refractivity contribution in [3.05, 3.63) is 6.61 Å². The lowest BCUT2D eigenvalue weighted by atomic mass is 10.5. The zero-order valence-corrected chi connectivity index (χ0v) is 7.13. The number of carbonyl (C=O) groups excluding carboxylic acids is 1. The van der Waals surface area contributed by atoms with Crippen LogP contribution >= 0.6 is 0 Å². The Labute approximate surface area is 67.7 Å². The van der Waals surface area contributed by atoms with Crippen LogP contribution < -0.4 is 0 Å². The van der Waals surface area contributed by atoms with Gasteiger partial charge in [-0.05, 0) is 6.42 Å². The van der Waals surface area contributed by atoms with E-state index in [1.54, 1.807) is 0 Å². The Morgan fingerprint density at radius 3 is 2.73 bits per heavy atom. The first kappa shape index (κ1) is 10.4. The van der Waals surface area contributed by atoms with Crippen LogP contribution in [-0.4, -0.2) is 19.2 Å². The highest BCUT2D eigenvalue weighted by molar-refractivity contribution is 5.66. The van der Waals surface area contributed by atoms with Crippen molar-refractivity contribution in [1.82, 2.24) is 0 Å². The van der Waals surface area contributed by atoms with E-state index in [9.17, 15) is 4.79 Å². The van der Waals surface area contributed by atoms with E-state index in [0.717, 1.165) is 13.0 Å². The van der Waals surface area contributed by atoms with Crippen LogP contribution in [0, 0.1) is 6.61 Å². The van der Waals surface area contributed by atoms with Crippen LogP contribution in [0.15, 0.2) is 0 Å². The van der Waals surface area contributed by atoms with Crippen LogP contribution in [0.2, 0.25) is 0 Å². The maximum absolute atomic E-state index is 10.2. The molecule has 1 radical (unpaired) electrons. The van der Waals surface area contributed by atoms with Crippen molar-refractivity contribution in [3.63, 3.8) is 0 Å². The summed E-state index contributed by atoms with van der Waals surface area (Å²) in [7, 11) is 0. The molecule has 0 aliphatic rings. The van der Waals surface area contributed by atoms with Crippen LogP contribution in [-0.2, 0) is 14.3 Å². The summed E-state index contributed by atoms with van der Waals surface area (Å²) >= 11 is 0. The molecule has 3 heteroatoms. The molecule has 0 aromatic heterocycles. The molecule has 0 bridgehead atoms. The summed E-state index contributed by atoms with van der Waals surface area (Å²) in [5, 5.41) is 0. The van der Waals surface area contributed by atoms with E-state index >= 15 is 0 Å². The number of esters is 1. The van der Waals surface area contributed by atoms with Gasteiger partial charge in [0.25, 0.3) is 0 Å². The van der Waals surface area contributed by atoms with Gasteiger partial charge in [0.1, 0.15) is 6.61 Å². The topological polar surface area (TPSA) is 35.5 Å². The van der Waals surface area contributed by atoms with Gasteiger partial charge < -0.3 is 9.47 Å². The first-order chi connectivity index (χ1) is 5.27. The zero-order chi connectivity index (χ0) is 8.53. The molecule has 0 aromatic rings. The highest BCUT2D eigenvalue weighted by atomic mass is 16.5. The molecule has 0 atom stereocenters. The smallest absolute Gasteiger partial charge is 0.303 e. The molecule has 0 heterocycles. The molecule has 0 saturated heterocycles. The third-order valence-electron chi connectivity index (χ3n) is 0.978. The maximum atomic E-state index is 10.2. The molecule has 0 saturated carbocycles. The highest BCUT2D eigenvalue weighted by Gasteiger charge is 1.92. The first-order valence-corrected chi connectivity index (χ1v) is 3.84. The summed E-state index contributed by atoms with van der Waals surface area (Å²) in [6.45, 7) is 6.30. The third-order valence-corrected chi connectivity index (χ3v) is 0.978. The molecule has 0 aliphatic heterocycles. The average molecular weight is 159 g/mol. The van der Waals surface area contributed by atoms with E-state index in [4.69, 9.17) is 4.74 Å². The summed E-state index contributed by atoms with van der Waals surface area (Å²) in [6, 6.07) is 0. The largest absolute Gasteiger partial charge is 0.459 e. The Bertz CT molecular complexity index is 102. The van der Waals surface area contributed by atoms with Crippen molar-refractivity contribution in [2.24, 2.45) is 0 Å². The highest BCUT2D eigenvalue weighted by Crippen LogP contribution is 1.91. The monoisotopic (exact) mass is 159 g/mol. The fourth-order valence-corrected chi connectivity index (χ4v) is 0.554. The number of rotatable bonds is 6. The van der Waals surface area contributed by atoms with Gasteiger partial charge in [-0.2, -0.15) is 0 Å². The number of carbonyl (C=O) groups is 1. The quantitative estimate of drug-likeness (QED) is 0.435. The van der Waals surface area contributed by atoms with E-state index in [2.05, 4.69) is 11.7 Å². The molecule has 0 N–H and O–H groups in total. The molecule has 0 amide bonds. The second-order valence-corrected chi connectivity index (χ2v) is 2.18. The summed E-state index contributed by atoms with van der Waals surface area (Å²) < 4.78 is 9.72. The lowest BCUT2D eigenvalue weighted by Gasteiger charge is -2.01. The van der Waals surface area contributed by atoms with Gasteiger partial charge in [0.15, 0.2) is 0 Å². The molecular weight excluding hydrogens is 144 g/mol. The minimum atomic E-state index is -0.277. The van der Waals surface area contributed by atoms with Gasteiger partial charge >= 0.3 is 5.97 Å². The normalized spacial score (nSPS) is 9.64. The van der Waals surface area contributed by atoms with Crippen molar-refractivity contribution in [2.45, 2.75) is 26.7 Å². The van der Waals surface area contributed by atoms with Crippen LogP contribution in [0.25, 0.3) is 0 Å². The third kappa shape index (κ3) is 9.43. The minimum absolute atomic E-state index is 0.277. The Balaban J connectivity index is 2.85. The Hall–Kier alpha value is -0.570. The van der Waals surface area contributed by atoms with E-state index in [0.29, 0.717) is 13.0 Å². The minimum Gasteiger partial charge on any atom is -0.459 e. The predicted octanol–water partition coefficient (Wildman–Crippen LogP) is 1.53. The maximum Gasteiger partial charge on any atom is 0.303 e. The van der Waals surface area contributed by atoms with Crippen molar-refractivity contribution in [1.29, 1.82) is 0 Å². The molecule has 0 rings (SSSR count). The van der Waals surface area contributed by atoms with Gasteiger partial charge in [-0.1, -0.05) is 6.92 Å². The lowest BCUT2D eigenvalue weighted by molar-refractivity contribution is -0.137. The summed E-state index contributed by atoms with van der Waals surface area (Å²) in [5.74, 6) is -0.277. The molecule has 0 aromatic carbocycles. The predicted molar refractivity (Wildman–Crippen MR) is 41.8 cm³/mol. The zero-order valence-electron chi connectivity index (χ0n) is 7.13. The second kappa shape index (κ2) is 7.54. The molecule has 3 nitrogen and oxygen atoms in total. The van der Waals surface area contributed by atoms with E-state index in [1.807, 2.05) is 0 Å². The van der Waals surface area contributed by atoms with Gasteiger partial charge in [-0.3, -0.25) is 4.79 Å².